The minimum absolute atomic E-state index is 0.180. The van der Waals surface area contributed by atoms with E-state index in [1.54, 1.807) is 0 Å². The smallest absolute Gasteiger partial charge is 0.139 e. The average Bonchev–Trinajstić information content (AvgIpc) is 2.81. The van der Waals surface area contributed by atoms with Crippen molar-refractivity contribution in [1.82, 2.24) is 0 Å². The highest BCUT2D eigenvalue weighted by Crippen LogP contribution is 2.64. The molecule has 2 nitrogen and oxygen atoms in total. The normalized spacial score (nSPS) is 51.2. The first-order valence-electron chi connectivity index (χ1n) is 9.76. The lowest BCUT2D eigenvalue weighted by atomic mass is 9.47. The SMILES string of the molecule is [2H]C([2H])(O)[C@]12CCCC=C1CC[C@H]1[C@@H]3CCC(=O)[C@@]3(C)CC[C@@H]12. The van der Waals surface area contributed by atoms with Gasteiger partial charge in [-0.3, -0.25) is 4.79 Å². The predicted octanol–water partition coefficient (Wildman–Crippen LogP) is 3.88. The van der Waals surface area contributed by atoms with E-state index in [1.165, 1.54) is 5.57 Å². The van der Waals surface area contributed by atoms with Crippen LogP contribution in [0.4, 0.5) is 0 Å². The lowest BCUT2D eigenvalue weighted by molar-refractivity contribution is -0.133. The minimum Gasteiger partial charge on any atom is -0.395 e. The van der Waals surface area contributed by atoms with Gasteiger partial charge in [0.1, 0.15) is 5.78 Å². The summed E-state index contributed by atoms with van der Waals surface area (Å²) in [4.78, 5) is 12.4. The molecule has 0 aliphatic heterocycles. The Bertz CT molecular complexity index is 564. The Morgan fingerprint density at radius 1 is 1.29 bits per heavy atom. The number of allylic oxidation sites excluding steroid dienone is 1. The monoisotopic (exact) mass is 290 g/mol. The van der Waals surface area contributed by atoms with E-state index in [0.717, 1.165) is 51.4 Å². The molecule has 116 valence electrons. The highest BCUT2D eigenvalue weighted by atomic mass is 16.3. The molecule has 0 aromatic rings. The van der Waals surface area contributed by atoms with Crippen LogP contribution < -0.4 is 0 Å². The van der Waals surface area contributed by atoms with E-state index in [9.17, 15) is 9.90 Å². The highest BCUT2D eigenvalue weighted by Gasteiger charge is 2.59. The van der Waals surface area contributed by atoms with Gasteiger partial charge in [0.05, 0.1) is 9.30 Å². The lowest BCUT2D eigenvalue weighted by Crippen LogP contribution is -2.52. The van der Waals surface area contributed by atoms with Crippen LogP contribution in [0.2, 0.25) is 0 Å². The molecule has 0 radical (unpaired) electrons. The first-order valence-corrected chi connectivity index (χ1v) is 8.76. The zero-order chi connectivity index (χ0) is 16.5. The van der Waals surface area contributed by atoms with Gasteiger partial charge in [-0.25, -0.2) is 0 Å². The first kappa shape index (κ1) is 11.9. The second-order valence-corrected chi connectivity index (χ2v) is 8.04. The molecule has 0 saturated heterocycles. The van der Waals surface area contributed by atoms with Gasteiger partial charge in [0.15, 0.2) is 0 Å². The molecular weight excluding hydrogens is 260 g/mol. The van der Waals surface area contributed by atoms with Gasteiger partial charge in [-0.2, -0.15) is 0 Å². The Hall–Kier alpha value is -0.630. The van der Waals surface area contributed by atoms with Gasteiger partial charge in [-0.05, 0) is 69.1 Å². The lowest BCUT2D eigenvalue weighted by Gasteiger charge is -2.57. The first-order chi connectivity index (χ1) is 10.8. The van der Waals surface area contributed by atoms with Crippen LogP contribution in [0, 0.1) is 28.6 Å². The third kappa shape index (κ3) is 1.72. The van der Waals surface area contributed by atoms with E-state index < -0.39 is 12.0 Å². The van der Waals surface area contributed by atoms with Crippen LogP contribution in [-0.2, 0) is 4.79 Å². The van der Waals surface area contributed by atoms with Crippen molar-refractivity contribution in [2.45, 2.75) is 64.7 Å². The fourth-order valence-corrected chi connectivity index (χ4v) is 6.35. The fourth-order valence-electron chi connectivity index (χ4n) is 6.35. The van der Waals surface area contributed by atoms with Gasteiger partial charge in [0.2, 0.25) is 0 Å². The summed E-state index contributed by atoms with van der Waals surface area (Å²) in [5.74, 6) is 1.42. The topological polar surface area (TPSA) is 37.3 Å². The Morgan fingerprint density at radius 2 is 2.14 bits per heavy atom. The van der Waals surface area contributed by atoms with Gasteiger partial charge in [0, 0.05) is 17.3 Å². The zero-order valence-corrected chi connectivity index (χ0v) is 13.0. The second kappa shape index (κ2) is 4.68. The van der Waals surface area contributed by atoms with Crippen LogP contribution in [-0.4, -0.2) is 17.4 Å². The number of Topliss-reactive ketones (excluding diaryl/α,β-unsaturated/α-hetero) is 1. The van der Waals surface area contributed by atoms with E-state index in [1.807, 2.05) is 0 Å². The van der Waals surface area contributed by atoms with Gasteiger partial charge in [0.25, 0.3) is 0 Å². The number of rotatable bonds is 1. The number of carbonyl (C=O) groups is 1. The van der Waals surface area contributed by atoms with Crippen molar-refractivity contribution in [1.29, 1.82) is 0 Å². The van der Waals surface area contributed by atoms with Gasteiger partial charge >= 0.3 is 0 Å². The molecule has 0 bridgehead atoms. The molecule has 0 unspecified atom stereocenters. The summed E-state index contributed by atoms with van der Waals surface area (Å²) in [5, 5.41) is 10.5. The Labute approximate surface area is 130 Å². The van der Waals surface area contributed by atoms with E-state index in [4.69, 9.17) is 2.74 Å². The summed E-state index contributed by atoms with van der Waals surface area (Å²) in [6.07, 6.45) is 10.4. The highest BCUT2D eigenvalue weighted by molar-refractivity contribution is 5.87. The summed E-state index contributed by atoms with van der Waals surface area (Å²) in [7, 11) is 0. The maximum absolute atomic E-state index is 12.4. The number of ketones is 1. The van der Waals surface area contributed by atoms with Crippen molar-refractivity contribution in [3.63, 3.8) is 0 Å². The maximum Gasteiger partial charge on any atom is 0.139 e. The standard InChI is InChI=1S/C19H28O2/c1-18-11-9-16-14(15(18)7-8-17(18)21)6-5-13-4-2-3-10-19(13,16)12-20/h4,14-16,20H,2-3,5-12H2,1H3/t14-,15-,16-,18-,19+/m0/s1/i12D2. The predicted molar refractivity (Wildman–Crippen MR) is 82.7 cm³/mol. The third-order valence-electron chi connectivity index (χ3n) is 7.46. The number of aliphatic hydroxyl groups is 1. The van der Waals surface area contributed by atoms with Crippen molar-refractivity contribution in [3.05, 3.63) is 11.6 Å². The third-order valence-corrected chi connectivity index (χ3v) is 7.46. The van der Waals surface area contributed by atoms with Gasteiger partial charge in [-0.1, -0.05) is 18.6 Å². The van der Waals surface area contributed by atoms with Crippen molar-refractivity contribution < 1.29 is 12.6 Å². The minimum atomic E-state index is -2.15. The molecule has 5 atom stereocenters. The molecule has 21 heavy (non-hydrogen) atoms. The van der Waals surface area contributed by atoms with Crippen LogP contribution in [0.5, 0.6) is 0 Å². The summed E-state index contributed by atoms with van der Waals surface area (Å²) >= 11 is 0. The van der Waals surface area contributed by atoms with Crippen LogP contribution in [0.25, 0.3) is 0 Å². The van der Waals surface area contributed by atoms with E-state index in [-0.39, 0.29) is 11.3 Å². The molecule has 4 aliphatic carbocycles. The van der Waals surface area contributed by atoms with Gasteiger partial charge in [-0.15, -0.1) is 0 Å². The molecule has 0 spiro atoms. The van der Waals surface area contributed by atoms with Crippen LogP contribution in [0.15, 0.2) is 11.6 Å². The van der Waals surface area contributed by atoms with Gasteiger partial charge < -0.3 is 5.11 Å². The summed E-state index contributed by atoms with van der Waals surface area (Å²) < 4.78 is 16.5. The Balaban J connectivity index is 1.78. The van der Waals surface area contributed by atoms with E-state index in [2.05, 4.69) is 13.0 Å². The van der Waals surface area contributed by atoms with E-state index in [0.29, 0.717) is 24.0 Å². The summed E-state index contributed by atoms with van der Waals surface area (Å²) in [6, 6.07) is 0. The van der Waals surface area contributed by atoms with Crippen LogP contribution in [0.1, 0.15) is 67.5 Å². The number of hydrogen-bond acceptors (Lipinski definition) is 2. The van der Waals surface area contributed by atoms with Crippen molar-refractivity contribution in [2.24, 2.45) is 28.6 Å². The number of fused-ring (bicyclic) bond motifs is 5. The average molecular weight is 290 g/mol. The number of hydrogen-bond donors (Lipinski definition) is 1. The largest absolute Gasteiger partial charge is 0.395 e. The molecule has 3 fully saturated rings. The van der Waals surface area contributed by atoms with Crippen LogP contribution >= 0.6 is 0 Å². The molecule has 1 N–H and O–H groups in total. The molecule has 2 heteroatoms. The summed E-state index contributed by atoms with van der Waals surface area (Å²) in [6.45, 7) is -0.00530. The molecule has 0 amide bonds. The second-order valence-electron chi connectivity index (χ2n) is 8.04. The van der Waals surface area contributed by atoms with E-state index >= 15 is 0 Å². The zero-order valence-electron chi connectivity index (χ0n) is 15.0. The fraction of sp³-hybridized carbons (Fsp3) is 0.842. The molecular formula is C19H28O2. The van der Waals surface area contributed by atoms with Crippen LogP contribution in [0.3, 0.4) is 0 Å². The van der Waals surface area contributed by atoms with Crippen molar-refractivity contribution in [3.8, 4) is 0 Å². The Morgan fingerprint density at radius 3 is 2.95 bits per heavy atom. The molecule has 0 heterocycles. The number of carbonyl (C=O) groups excluding carboxylic acids is 1. The van der Waals surface area contributed by atoms with Crippen molar-refractivity contribution in [2.75, 3.05) is 6.56 Å². The molecule has 4 rings (SSSR count). The maximum atomic E-state index is 12.4. The van der Waals surface area contributed by atoms with Crippen molar-refractivity contribution >= 4 is 5.78 Å². The summed E-state index contributed by atoms with van der Waals surface area (Å²) in [5.41, 5.74) is 0.298. The molecule has 3 saturated carbocycles. The molecule has 4 aliphatic rings. The molecule has 0 aromatic carbocycles. The quantitative estimate of drug-likeness (QED) is 0.744. The Kier molecular flexibility index (Phi) is 2.65. The molecule has 0 aromatic heterocycles.